The molecule has 3 heterocycles. The zero-order valence-electron chi connectivity index (χ0n) is 32.3. The van der Waals surface area contributed by atoms with E-state index in [1.807, 2.05) is 18.3 Å². The van der Waals surface area contributed by atoms with Crippen molar-refractivity contribution in [1.29, 1.82) is 0 Å². The van der Waals surface area contributed by atoms with E-state index in [1.165, 1.54) is 44.8 Å². The van der Waals surface area contributed by atoms with Gasteiger partial charge in [0, 0.05) is 34.5 Å². The summed E-state index contributed by atoms with van der Waals surface area (Å²) in [6, 6.07) is 33.0. The molecule has 6 heteroatoms. The van der Waals surface area contributed by atoms with Gasteiger partial charge in [-0.25, -0.2) is 4.98 Å². The molecule has 0 radical (unpaired) electrons. The van der Waals surface area contributed by atoms with Crippen LogP contribution < -0.4 is 4.74 Å². The van der Waals surface area contributed by atoms with Crippen LogP contribution in [-0.2, 0) is 33.3 Å². The van der Waals surface area contributed by atoms with Crippen molar-refractivity contribution >= 4 is 21.8 Å². The van der Waals surface area contributed by atoms with Gasteiger partial charge >= 0.3 is 20.4 Å². The Bertz CT molecular complexity index is 2380. The van der Waals surface area contributed by atoms with Crippen molar-refractivity contribution in [3.05, 3.63) is 130 Å². The van der Waals surface area contributed by atoms with Crippen molar-refractivity contribution in [2.24, 2.45) is 0 Å². The quantitative estimate of drug-likeness (QED) is 0.0914. The van der Waals surface area contributed by atoms with Gasteiger partial charge in [-0.2, -0.15) is 11.2 Å². The van der Waals surface area contributed by atoms with Gasteiger partial charge in [-0.1, -0.05) is 81.9 Å². The Labute approximate surface area is 329 Å². The molecule has 53 heavy (non-hydrogen) atoms. The predicted octanol–water partition coefficient (Wildman–Crippen LogP) is 12.5. The van der Waals surface area contributed by atoms with Crippen LogP contribution in [0, 0.1) is 39.8 Å². The van der Waals surface area contributed by atoms with E-state index < -0.39 is 0 Å². The van der Waals surface area contributed by atoms with Gasteiger partial charge in [-0.15, -0.1) is 41.3 Å². The molecule has 274 valence electrons. The standard InChI is InChI=1S/C47H50N4O.Pd/c1-9-11-16-41-47(46-33(7)23-32(6)24-34(46)8)43(17-12-10-2)51(49-41)36-26-35(30(3)4)27-38(28-36)52-37-19-20-40-39-15-13-14-18-42(39)50(44(40)29-37)45-25-31(5)21-22-48-45;/h13-15,18-27,30H,9-12,16-17H2,1-8H3;/q-2;+2. The van der Waals surface area contributed by atoms with Crippen molar-refractivity contribution in [2.75, 3.05) is 0 Å². The average molecular weight is 793 g/mol. The van der Waals surface area contributed by atoms with E-state index in [0.717, 1.165) is 77.4 Å². The maximum Gasteiger partial charge on any atom is 2.00 e. The van der Waals surface area contributed by atoms with E-state index in [9.17, 15) is 0 Å². The third kappa shape index (κ3) is 7.63. The molecule has 3 aromatic heterocycles. The molecule has 0 saturated heterocycles. The maximum atomic E-state index is 6.72. The molecule has 0 spiro atoms. The van der Waals surface area contributed by atoms with Gasteiger partial charge in [0.25, 0.3) is 0 Å². The summed E-state index contributed by atoms with van der Waals surface area (Å²) in [5.41, 5.74) is 14.2. The second-order valence-electron chi connectivity index (χ2n) is 14.7. The number of benzene rings is 4. The summed E-state index contributed by atoms with van der Waals surface area (Å²) < 4.78 is 11.1. The summed E-state index contributed by atoms with van der Waals surface area (Å²) >= 11 is 0. The van der Waals surface area contributed by atoms with E-state index in [2.05, 4.69) is 137 Å². The van der Waals surface area contributed by atoms with Gasteiger partial charge in [0.15, 0.2) is 0 Å². The Hall–Kier alpha value is -4.50. The smallest absolute Gasteiger partial charge is 0.509 e. The summed E-state index contributed by atoms with van der Waals surface area (Å²) in [4.78, 5) is 4.75. The number of hydrogen-bond acceptors (Lipinski definition) is 3. The largest absolute Gasteiger partial charge is 2.00 e. The van der Waals surface area contributed by atoms with E-state index in [4.69, 9.17) is 14.8 Å². The fraction of sp³-hybridized carbons (Fsp3) is 0.319. The van der Waals surface area contributed by atoms with Gasteiger partial charge in [-0.3, -0.25) is 4.68 Å². The van der Waals surface area contributed by atoms with E-state index in [-0.39, 0.29) is 26.3 Å². The summed E-state index contributed by atoms with van der Waals surface area (Å²) in [5.74, 6) is 2.44. The Kier molecular flexibility index (Phi) is 11.7. The number of pyridine rings is 1. The van der Waals surface area contributed by atoms with Crippen molar-refractivity contribution in [3.63, 3.8) is 0 Å². The van der Waals surface area contributed by atoms with E-state index in [0.29, 0.717) is 11.5 Å². The van der Waals surface area contributed by atoms with E-state index >= 15 is 0 Å². The molecule has 0 fully saturated rings. The van der Waals surface area contributed by atoms with Crippen molar-refractivity contribution < 1.29 is 25.2 Å². The van der Waals surface area contributed by atoms with Crippen LogP contribution in [0.25, 0.3) is 44.4 Å². The normalized spacial score (nSPS) is 11.5. The molecule has 0 bridgehead atoms. The molecule has 0 saturated carbocycles. The van der Waals surface area contributed by atoms with Gasteiger partial charge in [0.1, 0.15) is 5.82 Å². The molecule has 0 aliphatic rings. The topological polar surface area (TPSA) is 44.9 Å². The van der Waals surface area contributed by atoms with Crippen LogP contribution in [-0.4, -0.2) is 19.3 Å². The molecule has 0 atom stereocenters. The van der Waals surface area contributed by atoms with Crippen LogP contribution in [0.5, 0.6) is 11.5 Å². The van der Waals surface area contributed by atoms with Crippen LogP contribution in [0.4, 0.5) is 0 Å². The Morgan fingerprint density at radius 1 is 0.736 bits per heavy atom. The number of para-hydroxylation sites is 1. The average Bonchev–Trinajstić information content (AvgIpc) is 3.64. The second kappa shape index (κ2) is 16.3. The molecule has 4 aromatic carbocycles. The third-order valence-electron chi connectivity index (χ3n) is 10.2. The SMILES string of the molecule is CCCCc1nn(-c2[c-]c(Oc3[c-]c4c(cc3)c3ccccc3n4-c3cc(C)ccn3)cc(C(C)C)c2)c(CCCC)c1-c1c(C)cc(C)cc1C.[Pd+2]. The number of fused-ring (bicyclic) bond motifs is 3. The van der Waals surface area contributed by atoms with Gasteiger partial charge in [0.2, 0.25) is 0 Å². The first-order valence-corrected chi connectivity index (χ1v) is 19.0. The minimum absolute atomic E-state index is 0. The van der Waals surface area contributed by atoms with Crippen molar-refractivity contribution in [3.8, 4) is 34.1 Å². The van der Waals surface area contributed by atoms with E-state index in [1.54, 1.807) is 0 Å². The minimum atomic E-state index is 0. The minimum Gasteiger partial charge on any atom is -0.509 e. The fourth-order valence-electron chi connectivity index (χ4n) is 7.64. The van der Waals surface area contributed by atoms with Crippen LogP contribution in [0.1, 0.15) is 98.5 Å². The van der Waals surface area contributed by atoms with Gasteiger partial charge < -0.3 is 9.30 Å². The summed E-state index contributed by atoms with van der Waals surface area (Å²) in [6.07, 6.45) is 8.16. The van der Waals surface area contributed by atoms with Crippen LogP contribution in [0.15, 0.2) is 79.0 Å². The van der Waals surface area contributed by atoms with Gasteiger partial charge in [0.05, 0.1) is 5.69 Å². The molecule has 0 aliphatic heterocycles. The molecule has 0 unspecified atom stereocenters. The number of hydrogen-bond donors (Lipinski definition) is 0. The first kappa shape index (κ1) is 38.2. The van der Waals surface area contributed by atoms with Gasteiger partial charge in [-0.05, 0) is 111 Å². The predicted molar refractivity (Wildman–Crippen MR) is 216 cm³/mol. The van der Waals surface area contributed by atoms with Crippen LogP contribution >= 0.6 is 0 Å². The Morgan fingerprint density at radius 2 is 1.47 bits per heavy atom. The molecular formula is C47H50N4OPd. The summed E-state index contributed by atoms with van der Waals surface area (Å²) in [6.45, 7) is 17.8. The Morgan fingerprint density at radius 3 is 2.19 bits per heavy atom. The molecule has 0 amide bonds. The maximum absolute atomic E-state index is 6.72. The number of rotatable bonds is 12. The molecule has 0 N–H and O–H groups in total. The fourth-order valence-corrected chi connectivity index (χ4v) is 7.64. The summed E-state index contributed by atoms with van der Waals surface area (Å²) in [5, 5.41) is 7.70. The molecule has 5 nitrogen and oxygen atoms in total. The number of aryl methyl sites for hydroxylation is 5. The molecule has 7 rings (SSSR count). The molecular weight excluding hydrogens is 743 g/mol. The number of nitrogens with zero attached hydrogens (tertiary/aromatic N) is 4. The monoisotopic (exact) mass is 792 g/mol. The zero-order chi connectivity index (χ0) is 36.5. The second-order valence-corrected chi connectivity index (χ2v) is 14.7. The number of ether oxygens (including phenoxy) is 1. The first-order chi connectivity index (χ1) is 25.2. The van der Waals surface area contributed by atoms with Crippen molar-refractivity contribution in [2.45, 2.75) is 99.8 Å². The Balaban J connectivity index is 0.00000481. The summed E-state index contributed by atoms with van der Waals surface area (Å²) in [7, 11) is 0. The first-order valence-electron chi connectivity index (χ1n) is 19.0. The molecule has 0 aliphatic carbocycles. The van der Waals surface area contributed by atoms with Crippen LogP contribution in [0.2, 0.25) is 0 Å². The van der Waals surface area contributed by atoms with Crippen molar-refractivity contribution in [1.82, 2.24) is 19.3 Å². The number of aromatic nitrogens is 4. The number of unbranched alkanes of at least 4 members (excludes halogenated alkanes) is 2. The molecule has 7 aromatic rings. The van der Waals surface area contributed by atoms with Crippen LogP contribution in [0.3, 0.4) is 0 Å². The third-order valence-corrected chi connectivity index (χ3v) is 10.2. The zero-order valence-corrected chi connectivity index (χ0v) is 33.9.